The number of carbonyl (C=O) groups excluding carboxylic acids is 1. The SMILES string of the molecule is CCNC(=O)c1cc2c(=O)n3ccccc3nc2n(CC)c1=N. The van der Waals surface area contributed by atoms with Crippen LogP contribution in [0.15, 0.2) is 35.3 Å². The van der Waals surface area contributed by atoms with E-state index in [1.165, 1.54) is 10.5 Å². The van der Waals surface area contributed by atoms with Gasteiger partial charge in [0.25, 0.3) is 11.5 Å². The van der Waals surface area contributed by atoms with Crippen LogP contribution in [0.3, 0.4) is 0 Å². The molecule has 2 N–H and O–H groups in total. The summed E-state index contributed by atoms with van der Waals surface area (Å²) in [6, 6.07) is 6.75. The number of aromatic nitrogens is 3. The molecule has 0 saturated heterocycles. The topological polar surface area (TPSA) is 92.2 Å². The maximum absolute atomic E-state index is 12.7. The van der Waals surface area contributed by atoms with Gasteiger partial charge < -0.3 is 9.88 Å². The van der Waals surface area contributed by atoms with Gasteiger partial charge in [0, 0.05) is 19.3 Å². The van der Waals surface area contributed by atoms with Gasteiger partial charge in [-0.05, 0) is 32.0 Å². The molecule has 0 atom stereocenters. The van der Waals surface area contributed by atoms with Gasteiger partial charge in [-0.1, -0.05) is 6.07 Å². The van der Waals surface area contributed by atoms with E-state index in [-0.39, 0.29) is 22.5 Å². The molecule has 0 spiro atoms. The van der Waals surface area contributed by atoms with Crippen molar-refractivity contribution in [1.29, 1.82) is 5.41 Å². The summed E-state index contributed by atoms with van der Waals surface area (Å²) < 4.78 is 3.02. The fourth-order valence-electron chi connectivity index (χ4n) is 2.62. The molecule has 0 saturated carbocycles. The van der Waals surface area contributed by atoms with Crippen LogP contribution in [0.1, 0.15) is 24.2 Å². The highest BCUT2D eigenvalue weighted by atomic mass is 16.1. The van der Waals surface area contributed by atoms with Crippen molar-refractivity contribution >= 4 is 22.6 Å². The summed E-state index contributed by atoms with van der Waals surface area (Å²) >= 11 is 0. The van der Waals surface area contributed by atoms with Crippen molar-refractivity contribution in [2.24, 2.45) is 0 Å². The van der Waals surface area contributed by atoms with Gasteiger partial charge in [0.15, 0.2) is 0 Å². The quantitative estimate of drug-likeness (QED) is 0.704. The number of carbonyl (C=O) groups is 1. The molecule has 0 unspecified atom stereocenters. The lowest BCUT2D eigenvalue weighted by molar-refractivity contribution is 0.0953. The highest BCUT2D eigenvalue weighted by molar-refractivity contribution is 5.96. The summed E-state index contributed by atoms with van der Waals surface area (Å²) in [6.07, 6.45) is 1.64. The molecule has 0 radical (unpaired) electrons. The number of pyridine rings is 2. The van der Waals surface area contributed by atoms with E-state index in [9.17, 15) is 9.59 Å². The molecular weight excluding hydrogens is 294 g/mol. The number of hydrogen-bond acceptors (Lipinski definition) is 4. The van der Waals surface area contributed by atoms with E-state index < -0.39 is 0 Å². The third-order valence-corrected chi connectivity index (χ3v) is 3.72. The standard InChI is InChI=1S/C16H17N5O2/c1-3-18-15(22)10-9-11-14(20(4-2)13(10)17)19-12-7-5-6-8-21(12)16(11)23/h5-9,17H,3-4H2,1-2H3,(H,18,22). The van der Waals surface area contributed by atoms with Crippen LogP contribution in [0, 0.1) is 5.41 Å². The van der Waals surface area contributed by atoms with Crippen LogP contribution < -0.4 is 16.4 Å². The first-order chi connectivity index (χ1) is 11.1. The number of nitrogens with zero attached hydrogens (tertiary/aromatic N) is 3. The van der Waals surface area contributed by atoms with Crippen molar-refractivity contribution in [2.45, 2.75) is 20.4 Å². The molecule has 3 aromatic rings. The zero-order valence-electron chi connectivity index (χ0n) is 13.0. The maximum atomic E-state index is 12.7. The Morgan fingerprint density at radius 1 is 1.35 bits per heavy atom. The normalized spacial score (nSPS) is 11.0. The summed E-state index contributed by atoms with van der Waals surface area (Å²) in [5.41, 5.74) is 0.909. The van der Waals surface area contributed by atoms with Gasteiger partial charge in [0.1, 0.15) is 16.8 Å². The van der Waals surface area contributed by atoms with Gasteiger partial charge in [-0.25, -0.2) is 4.98 Å². The Morgan fingerprint density at radius 3 is 2.83 bits per heavy atom. The Morgan fingerprint density at radius 2 is 2.13 bits per heavy atom. The summed E-state index contributed by atoms with van der Waals surface area (Å²) in [4.78, 5) is 29.4. The smallest absolute Gasteiger partial charge is 0.267 e. The summed E-state index contributed by atoms with van der Waals surface area (Å²) in [6.45, 7) is 4.56. The highest BCUT2D eigenvalue weighted by Crippen LogP contribution is 2.10. The molecule has 23 heavy (non-hydrogen) atoms. The average Bonchev–Trinajstić information content (AvgIpc) is 2.55. The lowest BCUT2D eigenvalue weighted by Crippen LogP contribution is -2.34. The zero-order chi connectivity index (χ0) is 16.6. The zero-order valence-corrected chi connectivity index (χ0v) is 13.0. The molecule has 0 bridgehead atoms. The Balaban J connectivity index is 2.48. The maximum Gasteiger partial charge on any atom is 0.267 e. The molecule has 3 rings (SSSR count). The Kier molecular flexibility index (Phi) is 3.69. The summed E-state index contributed by atoms with van der Waals surface area (Å²) in [7, 11) is 0. The molecule has 0 aliphatic rings. The second-order valence-corrected chi connectivity index (χ2v) is 5.09. The average molecular weight is 311 g/mol. The molecule has 0 aliphatic heterocycles. The molecule has 118 valence electrons. The number of rotatable bonds is 3. The fourth-order valence-corrected chi connectivity index (χ4v) is 2.62. The van der Waals surface area contributed by atoms with Crippen LogP contribution >= 0.6 is 0 Å². The van der Waals surface area contributed by atoms with E-state index in [1.807, 2.05) is 6.92 Å². The fraction of sp³-hybridized carbons (Fsp3) is 0.250. The number of aryl methyl sites for hydroxylation is 1. The van der Waals surface area contributed by atoms with Gasteiger partial charge in [0.2, 0.25) is 0 Å². The second-order valence-electron chi connectivity index (χ2n) is 5.09. The van der Waals surface area contributed by atoms with Crippen molar-refractivity contribution in [3.05, 3.63) is 51.9 Å². The van der Waals surface area contributed by atoms with Gasteiger partial charge >= 0.3 is 0 Å². The van der Waals surface area contributed by atoms with Crippen molar-refractivity contribution < 1.29 is 4.79 Å². The minimum Gasteiger partial charge on any atom is -0.352 e. The van der Waals surface area contributed by atoms with E-state index >= 15 is 0 Å². The second kappa shape index (κ2) is 5.68. The van der Waals surface area contributed by atoms with Crippen LogP contribution in [0.2, 0.25) is 0 Å². The Hall–Kier alpha value is -2.96. The molecule has 3 heterocycles. The van der Waals surface area contributed by atoms with Gasteiger partial charge in [-0.15, -0.1) is 0 Å². The Bertz CT molecular complexity index is 1030. The van der Waals surface area contributed by atoms with Crippen LogP contribution in [0.5, 0.6) is 0 Å². The predicted molar refractivity (Wildman–Crippen MR) is 86.5 cm³/mol. The van der Waals surface area contributed by atoms with E-state index in [0.29, 0.717) is 29.8 Å². The first-order valence-electron chi connectivity index (χ1n) is 7.46. The van der Waals surface area contributed by atoms with Crippen LogP contribution in [-0.4, -0.2) is 26.4 Å². The third-order valence-electron chi connectivity index (χ3n) is 3.72. The highest BCUT2D eigenvalue weighted by Gasteiger charge is 2.16. The molecule has 7 heteroatoms. The number of amides is 1. The van der Waals surface area contributed by atoms with Crippen LogP contribution in [-0.2, 0) is 6.54 Å². The van der Waals surface area contributed by atoms with Gasteiger partial charge in [-0.2, -0.15) is 0 Å². The molecule has 3 aromatic heterocycles. The van der Waals surface area contributed by atoms with E-state index in [1.54, 1.807) is 35.9 Å². The molecule has 1 amide bonds. The van der Waals surface area contributed by atoms with Crippen molar-refractivity contribution in [1.82, 2.24) is 19.3 Å². The lowest BCUT2D eigenvalue weighted by atomic mass is 10.2. The van der Waals surface area contributed by atoms with Crippen molar-refractivity contribution in [3.63, 3.8) is 0 Å². The molecule has 0 aromatic carbocycles. The molecule has 0 fully saturated rings. The first kappa shape index (κ1) is 15.0. The Labute approximate surface area is 131 Å². The third kappa shape index (κ3) is 2.30. The monoisotopic (exact) mass is 311 g/mol. The predicted octanol–water partition coefficient (Wildman–Crippen LogP) is 0.898. The summed E-state index contributed by atoms with van der Waals surface area (Å²) in [5.74, 6) is -0.362. The van der Waals surface area contributed by atoms with Crippen LogP contribution in [0.25, 0.3) is 16.7 Å². The van der Waals surface area contributed by atoms with E-state index in [0.717, 1.165) is 0 Å². The van der Waals surface area contributed by atoms with Crippen molar-refractivity contribution in [2.75, 3.05) is 6.54 Å². The number of hydrogen-bond donors (Lipinski definition) is 2. The van der Waals surface area contributed by atoms with Crippen molar-refractivity contribution in [3.8, 4) is 0 Å². The lowest BCUT2D eigenvalue weighted by Gasteiger charge is -2.12. The number of fused-ring (bicyclic) bond motifs is 2. The largest absolute Gasteiger partial charge is 0.352 e. The van der Waals surface area contributed by atoms with E-state index in [2.05, 4.69) is 10.3 Å². The summed E-state index contributed by atoms with van der Waals surface area (Å²) in [5, 5.41) is 11.3. The van der Waals surface area contributed by atoms with Crippen LogP contribution in [0.4, 0.5) is 0 Å². The van der Waals surface area contributed by atoms with Gasteiger partial charge in [-0.3, -0.25) is 19.4 Å². The van der Waals surface area contributed by atoms with Gasteiger partial charge in [0.05, 0.1) is 10.9 Å². The minimum atomic E-state index is -0.362. The van der Waals surface area contributed by atoms with E-state index in [4.69, 9.17) is 5.41 Å². The molecule has 7 nitrogen and oxygen atoms in total. The molecule has 0 aliphatic carbocycles. The minimum absolute atomic E-state index is 0.0538. The molecular formula is C16H17N5O2. The number of nitrogens with one attached hydrogen (secondary N) is 2. The first-order valence-corrected chi connectivity index (χ1v) is 7.46.